The topological polar surface area (TPSA) is 89.9 Å². The first kappa shape index (κ1) is 17.6. The first-order chi connectivity index (χ1) is 12.4. The second-order valence-corrected chi connectivity index (χ2v) is 5.87. The van der Waals surface area contributed by atoms with Crippen molar-refractivity contribution in [3.63, 3.8) is 0 Å². The predicted octanol–water partition coefficient (Wildman–Crippen LogP) is 2.92. The molecule has 3 rings (SSSR count). The molecule has 2 N–H and O–H groups in total. The SMILES string of the molecule is COc1cc(/C=C2\C(=O)Nc3nc(C)c(O)c(C)c32)cc(OC)c1OC. The van der Waals surface area contributed by atoms with E-state index in [2.05, 4.69) is 10.3 Å². The number of aromatic hydroxyl groups is 1. The molecular formula is C19H20N2O5. The summed E-state index contributed by atoms with van der Waals surface area (Å²) in [6, 6.07) is 3.49. The van der Waals surface area contributed by atoms with Crippen molar-refractivity contribution < 1.29 is 24.1 Å². The average molecular weight is 356 g/mol. The molecule has 0 atom stereocenters. The lowest BCUT2D eigenvalue weighted by Gasteiger charge is -2.13. The highest BCUT2D eigenvalue weighted by molar-refractivity contribution is 6.35. The molecule has 1 aromatic heterocycles. The van der Waals surface area contributed by atoms with Crippen LogP contribution in [0.1, 0.15) is 22.4 Å². The van der Waals surface area contributed by atoms with Gasteiger partial charge in [-0.1, -0.05) is 0 Å². The smallest absolute Gasteiger partial charge is 0.257 e. The van der Waals surface area contributed by atoms with Crippen molar-refractivity contribution in [3.05, 3.63) is 34.5 Å². The standard InChI is InChI=1S/C19H20N2O5/c1-9-15-12(19(23)21-18(15)20-10(2)16(9)22)6-11-7-13(24-3)17(26-5)14(8-11)25-4/h6-8,22H,1-5H3,(H,20,21,23)/b12-6-. The largest absolute Gasteiger partial charge is 0.506 e. The molecule has 1 aromatic carbocycles. The minimum Gasteiger partial charge on any atom is -0.506 e. The number of nitrogens with one attached hydrogen (secondary N) is 1. The van der Waals surface area contributed by atoms with Crippen molar-refractivity contribution in [3.8, 4) is 23.0 Å². The summed E-state index contributed by atoms with van der Waals surface area (Å²) in [7, 11) is 4.58. The quantitative estimate of drug-likeness (QED) is 0.819. The van der Waals surface area contributed by atoms with Gasteiger partial charge in [0.1, 0.15) is 11.6 Å². The van der Waals surface area contributed by atoms with Gasteiger partial charge in [-0.2, -0.15) is 0 Å². The third-order valence-corrected chi connectivity index (χ3v) is 4.33. The number of carbonyl (C=O) groups excluding carboxylic acids is 1. The number of aryl methyl sites for hydroxylation is 1. The van der Waals surface area contributed by atoms with E-state index < -0.39 is 0 Å². The van der Waals surface area contributed by atoms with Gasteiger partial charge in [-0.3, -0.25) is 4.79 Å². The maximum atomic E-state index is 12.5. The van der Waals surface area contributed by atoms with Gasteiger partial charge in [-0.05, 0) is 37.6 Å². The molecule has 0 fully saturated rings. The van der Waals surface area contributed by atoms with Crippen molar-refractivity contribution in [2.24, 2.45) is 0 Å². The van der Waals surface area contributed by atoms with Gasteiger partial charge in [0.15, 0.2) is 11.5 Å². The molecule has 1 aliphatic rings. The highest BCUT2D eigenvalue weighted by Crippen LogP contribution is 2.42. The second kappa shape index (κ2) is 6.59. The Morgan fingerprint density at radius 2 is 1.69 bits per heavy atom. The number of aromatic nitrogens is 1. The first-order valence-electron chi connectivity index (χ1n) is 7.94. The molecular weight excluding hydrogens is 336 g/mol. The molecule has 0 radical (unpaired) electrons. The van der Waals surface area contributed by atoms with Gasteiger partial charge in [0.25, 0.3) is 5.91 Å². The maximum absolute atomic E-state index is 12.5. The number of hydrogen-bond acceptors (Lipinski definition) is 6. The third kappa shape index (κ3) is 2.71. The Hall–Kier alpha value is -3.22. The zero-order valence-electron chi connectivity index (χ0n) is 15.3. The lowest BCUT2D eigenvalue weighted by Crippen LogP contribution is -2.04. The predicted molar refractivity (Wildman–Crippen MR) is 98.0 cm³/mol. The van der Waals surface area contributed by atoms with Gasteiger partial charge in [0, 0.05) is 11.1 Å². The molecule has 26 heavy (non-hydrogen) atoms. The van der Waals surface area contributed by atoms with Crippen LogP contribution in [0, 0.1) is 13.8 Å². The summed E-state index contributed by atoms with van der Waals surface area (Å²) in [5.41, 5.74) is 2.76. The van der Waals surface area contributed by atoms with E-state index in [1.807, 2.05) is 0 Å². The van der Waals surface area contributed by atoms with Gasteiger partial charge in [-0.25, -0.2) is 4.98 Å². The van der Waals surface area contributed by atoms with E-state index in [0.29, 0.717) is 51.0 Å². The number of amides is 1. The number of fused-ring (bicyclic) bond motifs is 1. The molecule has 1 amide bonds. The molecule has 7 nitrogen and oxygen atoms in total. The van der Waals surface area contributed by atoms with Crippen LogP contribution in [-0.2, 0) is 4.79 Å². The van der Waals surface area contributed by atoms with E-state index in [4.69, 9.17) is 14.2 Å². The summed E-state index contributed by atoms with van der Waals surface area (Å²) in [5.74, 6) is 1.68. The molecule has 2 heterocycles. The van der Waals surface area contributed by atoms with Gasteiger partial charge >= 0.3 is 0 Å². The Morgan fingerprint density at radius 1 is 1.08 bits per heavy atom. The van der Waals surface area contributed by atoms with Crippen molar-refractivity contribution in [2.45, 2.75) is 13.8 Å². The minimum atomic E-state index is -0.283. The fourth-order valence-corrected chi connectivity index (χ4v) is 3.04. The van der Waals surface area contributed by atoms with Gasteiger partial charge < -0.3 is 24.6 Å². The van der Waals surface area contributed by atoms with Gasteiger partial charge in [0.05, 0.1) is 32.6 Å². The summed E-state index contributed by atoms with van der Waals surface area (Å²) in [6.07, 6.45) is 1.70. The van der Waals surface area contributed by atoms with Crippen LogP contribution in [0.25, 0.3) is 11.6 Å². The number of benzene rings is 1. The van der Waals surface area contributed by atoms with E-state index >= 15 is 0 Å². The summed E-state index contributed by atoms with van der Waals surface area (Å²) in [4.78, 5) is 16.7. The van der Waals surface area contributed by atoms with Crippen LogP contribution >= 0.6 is 0 Å². The molecule has 136 valence electrons. The molecule has 0 saturated carbocycles. The van der Waals surface area contributed by atoms with Crippen molar-refractivity contribution >= 4 is 23.4 Å². The number of ether oxygens (including phenoxy) is 3. The summed E-state index contributed by atoms with van der Waals surface area (Å²) >= 11 is 0. The number of pyridine rings is 1. The zero-order valence-corrected chi connectivity index (χ0v) is 15.3. The highest BCUT2D eigenvalue weighted by atomic mass is 16.5. The van der Waals surface area contributed by atoms with Crippen molar-refractivity contribution in [1.29, 1.82) is 0 Å². The molecule has 1 aliphatic heterocycles. The van der Waals surface area contributed by atoms with Crippen LogP contribution in [0.15, 0.2) is 12.1 Å². The van der Waals surface area contributed by atoms with E-state index in [0.717, 1.165) is 0 Å². The zero-order chi connectivity index (χ0) is 19.0. The van der Waals surface area contributed by atoms with E-state index in [1.165, 1.54) is 21.3 Å². The number of methoxy groups -OCH3 is 3. The summed E-state index contributed by atoms with van der Waals surface area (Å²) < 4.78 is 16.0. The van der Waals surface area contributed by atoms with E-state index in [9.17, 15) is 9.90 Å². The van der Waals surface area contributed by atoms with Gasteiger partial charge in [0.2, 0.25) is 5.75 Å². The second-order valence-electron chi connectivity index (χ2n) is 5.87. The highest BCUT2D eigenvalue weighted by Gasteiger charge is 2.29. The van der Waals surface area contributed by atoms with E-state index in [1.54, 1.807) is 32.1 Å². The Balaban J connectivity index is 2.19. The van der Waals surface area contributed by atoms with Crippen molar-refractivity contribution in [2.75, 3.05) is 26.6 Å². The molecule has 0 aliphatic carbocycles. The fourth-order valence-electron chi connectivity index (χ4n) is 3.04. The Morgan fingerprint density at radius 3 is 2.23 bits per heavy atom. The lowest BCUT2D eigenvalue weighted by atomic mass is 9.99. The van der Waals surface area contributed by atoms with Crippen LogP contribution in [0.5, 0.6) is 23.0 Å². The minimum absolute atomic E-state index is 0.0797. The number of carbonyl (C=O) groups is 1. The Labute approximate surface area is 151 Å². The molecule has 0 saturated heterocycles. The number of rotatable bonds is 4. The molecule has 0 bridgehead atoms. The van der Waals surface area contributed by atoms with Crippen LogP contribution in [0.3, 0.4) is 0 Å². The Bertz CT molecular complexity index is 909. The first-order valence-corrected chi connectivity index (χ1v) is 7.94. The number of nitrogens with zero attached hydrogens (tertiary/aromatic N) is 1. The summed E-state index contributed by atoms with van der Waals surface area (Å²) in [5, 5.41) is 12.9. The number of hydrogen-bond donors (Lipinski definition) is 2. The lowest BCUT2D eigenvalue weighted by molar-refractivity contribution is -0.110. The molecule has 7 heteroatoms. The molecule has 2 aromatic rings. The van der Waals surface area contributed by atoms with Crippen molar-refractivity contribution in [1.82, 2.24) is 4.98 Å². The molecule has 0 unspecified atom stereocenters. The van der Waals surface area contributed by atoms with Crippen LogP contribution in [0.4, 0.5) is 5.82 Å². The van der Waals surface area contributed by atoms with Crippen LogP contribution < -0.4 is 19.5 Å². The normalized spacial score (nSPS) is 14.2. The monoisotopic (exact) mass is 356 g/mol. The van der Waals surface area contributed by atoms with Crippen LogP contribution in [0.2, 0.25) is 0 Å². The Kier molecular flexibility index (Phi) is 4.46. The summed E-state index contributed by atoms with van der Waals surface area (Å²) in [6.45, 7) is 3.45. The fraction of sp³-hybridized carbons (Fsp3) is 0.263. The molecule has 0 spiro atoms. The maximum Gasteiger partial charge on any atom is 0.257 e. The van der Waals surface area contributed by atoms with Gasteiger partial charge in [-0.15, -0.1) is 0 Å². The average Bonchev–Trinajstić information content (AvgIpc) is 2.93. The van der Waals surface area contributed by atoms with E-state index in [-0.39, 0.29) is 11.7 Å². The number of anilines is 1. The van der Waals surface area contributed by atoms with Crippen LogP contribution in [-0.4, -0.2) is 37.3 Å². The third-order valence-electron chi connectivity index (χ3n) is 4.33.